The molecule has 33 heavy (non-hydrogen) atoms. The summed E-state index contributed by atoms with van der Waals surface area (Å²) in [7, 11) is 0. The van der Waals surface area contributed by atoms with Gasteiger partial charge in [0.05, 0.1) is 6.61 Å². The van der Waals surface area contributed by atoms with Crippen LogP contribution in [0.25, 0.3) is 16.7 Å². The molecule has 0 heterocycles. The summed E-state index contributed by atoms with van der Waals surface area (Å²) in [4.78, 5) is 0. The third-order valence-corrected chi connectivity index (χ3v) is 6.13. The zero-order valence-corrected chi connectivity index (χ0v) is 18.3. The Hall–Kier alpha value is -3.15. The van der Waals surface area contributed by atoms with Crippen molar-refractivity contribution in [3.63, 3.8) is 0 Å². The second-order valence-corrected chi connectivity index (χ2v) is 8.17. The summed E-state index contributed by atoms with van der Waals surface area (Å²) in [5, 5.41) is 0. The van der Waals surface area contributed by atoms with Crippen molar-refractivity contribution in [3.05, 3.63) is 94.3 Å². The minimum absolute atomic E-state index is 0.0161. The van der Waals surface area contributed by atoms with Crippen LogP contribution in [0.2, 0.25) is 0 Å². The number of hydrogen-bond acceptors (Lipinski definition) is 1. The maximum absolute atomic E-state index is 14.9. The lowest BCUT2D eigenvalue weighted by Gasteiger charge is -2.23. The molecule has 1 nitrogen and oxygen atoms in total. The predicted molar refractivity (Wildman–Crippen MR) is 119 cm³/mol. The number of hydrogen-bond donors (Lipinski definition) is 0. The predicted octanol–water partition coefficient (Wildman–Crippen LogP) is 8.11. The minimum atomic E-state index is -1.16. The van der Waals surface area contributed by atoms with Crippen molar-refractivity contribution < 1.29 is 26.7 Å². The molecular weight excluding hydrogens is 435 g/mol. The molecule has 0 spiro atoms. The number of halogens is 5. The van der Waals surface area contributed by atoms with Gasteiger partial charge in [0, 0.05) is 16.7 Å². The van der Waals surface area contributed by atoms with E-state index in [-0.39, 0.29) is 40.5 Å². The highest BCUT2D eigenvalue weighted by Crippen LogP contribution is 2.39. The molecule has 0 N–H and O–H groups in total. The van der Waals surface area contributed by atoms with Gasteiger partial charge in [0.25, 0.3) is 0 Å². The molecule has 1 unspecified atom stereocenters. The van der Waals surface area contributed by atoms with Crippen LogP contribution in [-0.2, 0) is 0 Å². The van der Waals surface area contributed by atoms with Gasteiger partial charge in [0.15, 0.2) is 23.2 Å². The summed E-state index contributed by atoms with van der Waals surface area (Å²) in [6.07, 6.45) is 3.54. The number of allylic oxidation sites excluding steroid dienone is 2. The Kier molecular flexibility index (Phi) is 6.54. The molecular formula is C27H23F5O. The lowest BCUT2D eigenvalue weighted by Crippen LogP contribution is -2.07. The molecule has 0 fully saturated rings. The van der Waals surface area contributed by atoms with Crippen LogP contribution in [0.4, 0.5) is 22.0 Å². The Morgan fingerprint density at radius 2 is 1.52 bits per heavy atom. The van der Waals surface area contributed by atoms with Crippen molar-refractivity contribution in [1.82, 2.24) is 0 Å². The fourth-order valence-electron chi connectivity index (χ4n) is 4.29. The van der Waals surface area contributed by atoms with Crippen molar-refractivity contribution in [2.24, 2.45) is 0 Å². The van der Waals surface area contributed by atoms with E-state index < -0.39 is 29.1 Å². The van der Waals surface area contributed by atoms with Crippen LogP contribution in [-0.4, -0.2) is 6.61 Å². The summed E-state index contributed by atoms with van der Waals surface area (Å²) >= 11 is 0. The Morgan fingerprint density at radius 1 is 0.818 bits per heavy atom. The van der Waals surface area contributed by atoms with E-state index in [9.17, 15) is 22.0 Å². The van der Waals surface area contributed by atoms with Crippen LogP contribution >= 0.6 is 0 Å². The molecule has 172 valence electrons. The molecule has 1 atom stereocenters. The van der Waals surface area contributed by atoms with Crippen LogP contribution in [0, 0.1) is 36.0 Å². The molecule has 3 aromatic carbocycles. The second kappa shape index (κ2) is 9.38. The van der Waals surface area contributed by atoms with Crippen molar-refractivity contribution in [2.45, 2.75) is 39.0 Å². The Bertz CT molecular complexity index is 1230. The fraction of sp³-hybridized carbons (Fsp3) is 0.259. The molecule has 1 aliphatic rings. The van der Waals surface area contributed by atoms with E-state index >= 15 is 0 Å². The quantitative estimate of drug-likeness (QED) is 0.351. The Labute approximate surface area is 189 Å². The van der Waals surface area contributed by atoms with E-state index in [0.29, 0.717) is 24.8 Å². The van der Waals surface area contributed by atoms with Crippen molar-refractivity contribution in [1.29, 1.82) is 0 Å². The van der Waals surface area contributed by atoms with Gasteiger partial charge in [-0.05, 0) is 73.9 Å². The summed E-state index contributed by atoms with van der Waals surface area (Å²) < 4.78 is 76.9. The van der Waals surface area contributed by atoms with Crippen LogP contribution in [0.15, 0.2) is 48.5 Å². The zero-order chi connectivity index (χ0) is 23.7. The summed E-state index contributed by atoms with van der Waals surface area (Å²) in [5.41, 5.74) is 1.74. The van der Waals surface area contributed by atoms with Gasteiger partial charge in [0.2, 0.25) is 5.82 Å². The van der Waals surface area contributed by atoms with Crippen LogP contribution in [0.3, 0.4) is 0 Å². The first kappa shape index (κ1) is 23.0. The van der Waals surface area contributed by atoms with Gasteiger partial charge in [-0.25, -0.2) is 17.6 Å². The molecule has 0 radical (unpaired) electrons. The molecule has 3 aromatic rings. The summed E-state index contributed by atoms with van der Waals surface area (Å²) in [6, 6.07) is 10.2. The number of benzene rings is 3. The highest BCUT2D eigenvalue weighted by Gasteiger charge is 2.23. The second-order valence-electron chi connectivity index (χ2n) is 8.17. The third kappa shape index (κ3) is 4.39. The summed E-state index contributed by atoms with van der Waals surface area (Å²) in [5.74, 6) is -4.89. The normalized spacial score (nSPS) is 16.0. The Morgan fingerprint density at radius 3 is 2.18 bits per heavy atom. The van der Waals surface area contributed by atoms with Gasteiger partial charge in [-0.1, -0.05) is 30.3 Å². The molecule has 0 aromatic heterocycles. The molecule has 6 heteroatoms. The largest absolute Gasteiger partial charge is 0.491 e. The SMILES string of the molecule is CCOc1ccc(-c2ccc(C3CC=C(c4ccc(C)c(F)c4F)CC3)cc2F)c(F)c1F. The van der Waals surface area contributed by atoms with Gasteiger partial charge in [-0.2, -0.15) is 4.39 Å². The van der Waals surface area contributed by atoms with E-state index in [1.807, 2.05) is 6.08 Å². The molecule has 0 saturated heterocycles. The lowest BCUT2D eigenvalue weighted by atomic mass is 9.82. The van der Waals surface area contributed by atoms with E-state index in [4.69, 9.17) is 4.74 Å². The molecule has 1 aliphatic carbocycles. The standard InChI is InChI=1S/C27H23F5O/c1-3-33-23-13-12-21(26(31)27(23)32)20-11-9-18(14-22(20)28)16-5-7-17(8-6-16)19-10-4-15(2)24(29)25(19)30/h4,7,9-14,16H,3,5-6,8H2,1-2H3. The maximum Gasteiger partial charge on any atom is 0.201 e. The van der Waals surface area contributed by atoms with E-state index in [2.05, 4.69) is 0 Å². The number of rotatable bonds is 5. The first-order chi connectivity index (χ1) is 15.8. The van der Waals surface area contributed by atoms with E-state index in [0.717, 1.165) is 5.57 Å². The fourth-order valence-corrected chi connectivity index (χ4v) is 4.29. The average Bonchev–Trinajstić information content (AvgIpc) is 2.81. The van der Waals surface area contributed by atoms with E-state index in [1.54, 1.807) is 25.1 Å². The highest BCUT2D eigenvalue weighted by molar-refractivity contribution is 5.68. The van der Waals surface area contributed by atoms with Crippen molar-refractivity contribution in [3.8, 4) is 16.9 Å². The first-order valence-corrected chi connectivity index (χ1v) is 10.9. The van der Waals surface area contributed by atoms with Crippen molar-refractivity contribution in [2.75, 3.05) is 6.61 Å². The molecule has 4 rings (SSSR count). The average molecular weight is 458 g/mol. The highest BCUT2D eigenvalue weighted by atomic mass is 19.2. The van der Waals surface area contributed by atoms with Crippen LogP contribution in [0.1, 0.15) is 48.8 Å². The van der Waals surface area contributed by atoms with Gasteiger partial charge < -0.3 is 4.74 Å². The molecule has 0 amide bonds. The summed E-state index contributed by atoms with van der Waals surface area (Å²) in [6.45, 7) is 3.35. The van der Waals surface area contributed by atoms with Crippen LogP contribution in [0.5, 0.6) is 5.75 Å². The molecule has 0 bridgehead atoms. The first-order valence-electron chi connectivity index (χ1n) is 10.9. The van der Waals surface area contributed by atoms with Gasteiger partial charge in [0.1, 0.15) is 5.82 Å². The van der Waals surface area contributed by atoms with Gasteiger partial charge in [-0.3, -0.25) is 0 Å². The third-order valence-electron chi connectivity index (χ3n) is 6.13. The topological polar surface area (TPSA) is 9.23 Å². The molecule has 0 saturated carbocycles. The lowest BCUT2D eigenvalue weighted by molar-refractivity contribution is 0.314. The van der Waals surface area contributed by atoms with E-state index in [1.165, 1.54) is 31.2 Å². The van der Waals surface area contributed by atoms with Crippen LogP contribution < -0.4 is 4.74 Å². The monoisotopic (exact) mass is 458 g/mol. The zero-order valence-electron chi connectivity index (χ0n) is 18.3. The van der Waals surface area contributed by atoms with Gasteiger partial charge >= 0.3 is 0 Å². The minimum Gasteiger partial charge on any atom is -0.491 e. The number of ether oxygens (including phenoxy) is 1. The number of aryl methyl sites for hydroxylation is 1. The Balaban J connectivity index is 1.56. The molecule has 0 aliphatic heterocycles. The maximum atomic E-state index is 14.9. The smallest absolute Gasteiger partial charge is 0.201 e. The van der Waals surface area contributed by atoms with Gasteiger partial charge in [-0.15, -0.1) is 0 Å². The van der Waals surface area contributed by atoms with Crippen molar-refractivity contribution >= 4 is 5.57 Å².